The van der Waals surface area contributed by atoms with Crippen LogP contribution in [0.1, 0.15) is 64.3 Å². The second kappa shape index (κ2) is 8.85. The molecule has 2 fully saturated rings. The van der Waals surface area contributed by atoms with Crippen molar-refractivity contribution in [1.29, 1.82) is 0 Å². The summed E-state index contributed by atoms with van der Waals surface area (Å²) in [6, 6.07) is 0.202. The van der Waals surface area contributed by atoms with Crippen molar-refractivity contribution in [3.8, 4) is 0 Å². The van der Waals surface area contributed by atoms with Crippen molar-refractivity contribution in [3.05, 3.63) is 47.6 Å². The van der Waals surface area contributed by atoms with Crippen LogP contribution in [0.5, 0.6) is 0 Å². The van der Waals surface area contributed by atoms with Crippen LogP contribution in [0.4, 0.5) is 0 Å². The lowest BCUT2D eigenvalue weighted by molar-refractivity contribution is 0.0369. The van der Waals surface area contributed by atoms with Crippen LogP contribution in [0.3, 0.4) is 0 Å². The Morgan fingerprint density at radius 3 is 2.40 bits per heavy atom. The van der Waals surface area contributed by atoms with Crippen LogP contribution in [0, 0.1) is 19.8 Å². The average molecular weight is 409 g/mol. The second-order valence-electron chi connectivity index (χ2n) is 8.26. The van der Waals surface area contributed by atoms with Crippen molar-refractivity contribution in [2.24, 2.45) is 5.92 Å². The van der Waals surface area contributed by atoms with Gasteiger partial charge in [0.05, 0.1) is 23.1 Å². The third kappa shape index (κ3) is 4.17. The molecule has 2 amide bonds. The Morgan fingerprint density at radius 1 is 0.900 bits per heavy atom. The molecule has 0 spiro atoms. The molecular weight excluding hydrogens is 380 g/mol. The van der Waals surface area contributed by atoms with Gasteiger partial charge in [-0.2, -0.15) is 0 Å². The first-order valence-corrected chi connectivity index (χ1v) is 10.7. The van der Waals surface area contributed by atoms with E-state index in [-0.39, 0.29) is 17.9 Å². The molecule has 0 N–H and O–H groups in total. The van der Waals surface area contributed by atoms with Gasteiger partial charge in [-0.1, -0.05) is 0 Å². The van der Waals surface area contributed by atoms with Crippen molar-refractivity contribution in [3.63, 3.8) is 0 Å². The van der Waals surface area contributed by atoms with Gasteiger partial charge in [-0.3, -0.25) is 14.6 Å². The van der Waals surface area contributed by atoms with Crippen molar-refractivity contribution < 1.29 is 9.59 Å². The minimum Gasteiger partial charge on any atom is -0.339 e. The van der Waals surface area contributed by atoms with Crippen molar-refractivity contribution in [1.82, 2.24) is 29.7 Å². The second-order valence-corrected chi connectivity index (χ2v) is 8.26. The fourth-order valence-corrected chi connectivity index (χ4v) is 4.61. The standard InChI is InChI=1S/C22H28N6O2/c1-15-11-25-19(13-24-15)22(30)28-8-4-3-5-20(28)17-6-9-27(10-7-17)21(29)18-12-23-14-26-16(18)2/h11-14,17,20H,3-10H2,1-2H3/t20-/m0/s1. The quantitative estimate of drug-likeness (QED) is 0.775. The Kier molecular flexibility index (Phi) is 6.01. The molecule has 4 heterocycles. The van der Waals surface area contributed by atoms with E-state index in [0.29, 0.717) is 36.0 Å². The van der Waals surface area contributed by atoms with Gasteiger partial charge in [0.25, 0.3) is 11.8 Å². The number of aryl methyl sites for hydroxylation is 2. The maximum Gasteiger partial charge on any atom is 0.274 e. The normalized spacial score (nSPS) is 20.3. The van der Waals surface area contributed by atoms with Crippen LogP contribution in [0.25, 0.3) is 0 Å². The summed E-state index contributed by atoms with van der Waals surface area (Å²) < 4.78 is 0. The van der Waals surface area contributed by atoms with Gasteiger partial charge in [0, 0.05) is 38.1 Å². The largest absolute Gasteiger partial charge is 0.339 e. The lowest BCUT2D eigenvalue weighted by Crippen LogP contribution is -2.51. The Balaban J connectivity index is 1.42. The molecule has 0 bridgehead atoms. The maximum absolute atomic E-state index is 13.1. The van der Waals surface area contributed by atoms with E-state index in [4.69, 9.17) is 0 Å². The summed E-state index contributed by atoms with van der Waals surface area (Å²) >= 11 is 0. The third-order valence-electron chi connectivity index (χ3n) is 6.32. The Morgan fingerprint density at radius 2 is 1.70 bits per heavy atom. The summed E-state index contributed by atoms with van der Waals surface area (Å²) in [7, 11) is 0. The Bertz CT molecular complexity index is 908. The summed E-state index contributed by atoms with van der Waals surface area (Å²) in [6.45, 7) is 5.85. The minimum atomic E-state index is -0.0252. The van der Waals surface area contributed by atoms with Gasteiger partial charge >= 0.3 is 0 Å². The lowest BCUT2D eigenvalue weighted by Gasteiger charge is -2.43. The number of hydrogen-bond donors (Lipinski definition) is 0. The van der Waals surface area contributed by atoms with Crippen molar-refractivity contribution in [2.45, 2.75) is 52.0 Å². The molecule has 8 nitrogen and oxygen atoms in total. The number of piperidine rings is 2. The maximum atomic E-state index is 13.1. The highest BCUT2D eigenvalue weighted by atomic mass is 16.2. The van der Waals surface area contributed by atoms with Crippen LogP contribution < -0.4 is 0 Å². The summed E-state index contributed by atoms with van der Waals surface area (Å²) in [5, 5.41) is 0. The van der Waals surface area contributed by atoms with Crippen LogP contribution in [0.15, 0.2) is 24.9 Å². The molecule has 0 aromatic carbocycles. The summed E-state index contributed by atoms with van der Waals surface area (Å²) in [5.41, 5.74) is 2.50. The van der Waals surface area contributed by atoms with Gasteiger partial charge in [0.15, 0.2) is 0 Å². The number of amides is 2. The molecule has 1 atom stereocenters. The van der Waals surface area contributed by atoms with Gasteiger partial charge in [0.1, 0.15) is 12.0 Å². The van der Waals surface area contributed by atoms with Crippen LogP contribution in [0.2, 0.25) is 0 Å². The SMILES string of the molecule is Cc1cnc(C(=O)N2CCCC[C@H]2C2CCN(C(=O)c3cncnc3C)CC2)cn1. The highest BCUT2D eigenvalue weighted by Crippen LogP contribution is 2.31. The molecule has 0 unspecified atom stereocenters. The summed E-state index contributed by atoms with van der Waals surface area (Å²) in [6.07, 6.45) is 11.2. The molecule has 30 heavy (non-hydrogen) atoms. The Labute approximate surface area is 176 Å². The number of rotatable bonds is 3. The van der Waals surface area contributed by atoms with Crippen LogP contribution in [-0.4, -0.2) is 67.2 Å². The molecule has 2 aromatic rings. The molecule has 158 valence electrons. The first kappa shape index (κ1) is 20.4. The van der Waals surface area contributed by atoms with Gasteiger partial charge in [-0.15, -0.1) is 0 Å². The van der Waals surface area contributed by atoms with E-state index >= 15 is 0 Å². The fraction of sp³-hybridized carbons (Fsp3) is 0.545. The molecular formula is C22H28N6O2. The number of nitrogens with zero attached hydrogens (tertiary/aromatic N) is 6. The van der Waals surface area contributed by atoms with Gasteiger partial charge in [0.2, 0.25) is 0 Å². The zero-order valence-electron chi connectivity index (χ0n) is 17.6. The molecule has 2 aromatic heterocycles. The molecule has 2 aliphatic heterocycles. The highest BCUT2D eigenvalue weighted by Gasteiger charge is 2.36. The number of carbonyl (C=O) groups excluding carboxylic acids is 2. The predicted octanol–water partition coefficient (Wildman–Crippen LogP) is 2.43. The topological polar surface area (TPSA) is 92.2 Å². The first-order chi connectivity index (χ1) is 14.5. The molecule has 0 saturated carbocycles. The van der Waals surface area contributed by atoms with E-state index < -0.39 is 0 Å². The number of carbonyl (C=O) groups is 2. The lowest BCUT2D eigenvalue weighted by atomic mass is 9.83. The smallest absolute Gasteiger partial charge is 0.274 e. The zero-order chi connectivity index (χ0) is 21.1. The van der Waals surface area contributed by atoms with Crippen molar-refractivity contribution >= 4 is 11.8 Å². The van der Waals surface area contributed by atoms with Gasteiger partial charge < -0.3 is 9.80 Å². The monoisotopic (exact) mass is 408 g/mol. The van der Waals surface area contributed by atoms with Crippen molar-refractivity contribution in [2.75, 3.05) is 19.6 Å². The number of likely N-dealkylation sites (tertiary alicyclic amines) is 2. The molecule has 2 saturated heterocycles. The van der Waals surface area contributed by atoms with Gasteiger partial charge in [-0.25, -0.2) is 15.0 Å². The number of aromatic nitrogens is 4. The van der Waals surface area contributed by atoms with E-state index in [1.807, 2.05) is 23.6 Å². The molecule has 8 heteroatoms. The fourth-order valence-electron chi connectivity index (χ4n) is 4.61. The molecule has 2 aliphatic rings. The van der Waals surface area contributed by atoms with E-state index in [1.165, 1.54) is 6.33 Å². The van der Waals surface area contributed by atoms with E-state index in [1.54, 1.807) is 18.6 Å². The van der Waals surface area contributed by atoms with Crippen LogP contribution in [-0.2, 0) is 0 Å². The van der Waals surface area contributed by atoms with Gasteiger partial charge in [-0.05, 0) is 51.9 Å². The first-order valence-electron chi connectivity index (χ1n) is 10.7. The average Bonchev–Trinajstić information content (AvgIpc) is 2.79. The predicted molar refractivity (Wildman–Crippen MR) is 111 cm³/mol. The van der Waals surface area contributed by atoms with E-state index in [0.717, 1.165) is 44.3 Å². The molecule has 4 rings (SSSR count). The van der Waals surface area contributed by atoms with Crippen LogP contribution >= 0.6 is 0 Å². The summed E-state index contributed by atoms with van der Waals surface area (Å²) in [5.74, 6) is 0.366. The van der Waals surface area contributed by atoms with E-state index in [2.05, 4.69) is 19.9 Å². The van der Waals surface area contributed by atoms with E-state index in [9.17, 15) is 9.59 Å². The highest BCUT2D eigenvalue weighted by molar-refractivity contribution is 5.95. The minimum absolute atomic E-state index is 0.00180. The third-order valence-corrected chi connectivity index (χ3v) is 6.32. The molecule has 0 aliphatic carbocycles. The Hall–Kier alpha value is -2.90. The zero-order valence-corrected chi connectivity index (χ0v) is 17.6. The summed E-state index contributed by atoms with van der Waals surface area (Å²) in [4.78, 5) is 46.5. The number of hydrogen-bond acceptors (Lipinski definition) is 6. The molecule has 0 radical (unpaired) electrons.